The van der Waals surface area contributed by atoms with Gasteiger partial charge in [-0.3, -0.25) is 0 Å². The molecular weight excluding hydrogens is 276 g/mol. The Hall–Kier alpha value is -0.970. The van der Waals surface area contributed by atoms with Crippen LogP contribution in [0.4, 0.5) is 11.4 Å². The highest BCUT2D eigenvalue weighted by atomic mass is 35.5. The molecule has 20 heavy (non-hydrogen) atoms. The molecular formula is C15H23ClN2O2. The summed E-state index contributed by atoms with van der Waals surface area (Å²) in [4.78, 5) is 2.37. The van der Waals surface area contributed by atoms with Crippen LogP contribution in [0.2, 0.25) is 0 Å². The number of alkyl halides is 1. The fraction of sp³-hybridized carbons (Fsp3) is 0.600. The smallest absolute Gasteiger partial charge is 0.0847 e. The van der Waals surface area contributed by atoms with Gasteiger partial charge in [-0.15, -0.1) is 11.6 Å². The summed E-state index contributed by atoms with van der Waals surface area (Å²) in [5.74, 6) is 0.248. The molecule has 1 atom stereocenters. The summed E-state index contributed by atoms with van der Waals surface area (Å²) in [6.07, 6.45) is 1.80. The van der Waals surface area contributed by atoms with Crippen molar-refractivity contribution in [2.45, 2.75) is 18.9 Å². The maximum atomic E-state index is 9.50. The molecule has 1 unspecified atom stereocenters. The number of fused-ring (bicyclic) bond motifs is 1. The number of aryl methyl sites for hydroxylation is 1. The number of hydrogen-bond donors (Lipinski definition) is 2. The van der Waals surface area contributed by atoms with Crippen molar-refractivity contribution in [2.75, 3.05) is 49.4 Å². The molecule has 0 amide bonds. The van der Waals surface area contributed by atoms with Gasteiger partial charge in [-0.1, -0.05) is 6.07 Å². The van der Waals surface area contributed by atoms with Crippen molar-refractivity contribution in [3.05, 3.63) is 23.8 Å². The van der Waals surface area contributed by atoms with E-state index in [2.05, 4.69) is 28.4 Å². The largest absolute Gasteiger partial charge is 0.390 e. The zero-order chi connectivity index (χ0) is 14.4. The summed E-state index contributed by atoms with van der Waals surface area (Å²) >= 11 is 5.60. The molecule has 1 aliphatic rings. The normalized spacial score (nSPS) is 15.8. The summed E-state index contributed by atoms with van der Waals surface area (Å²) in [6.45, 7) is 3.20. The van der Waals surface area contributed by atoms with Crippen LogP contribution in [0, 0.1) is 0 Å². The number of nitrogens with zero attached hydrogens (tertiary/aromatic N) is 1. The monoisotopic (exact) mass is 298 g/mol. The van der Waals surface area contributed by atoms with E-state index in [4.69, 9.17) is 16.3 Å². The molecule has 0 aliphatic carbocycles. The van der Waals surface area contributed by atoms with Gasteiger partial charge >= 0.3 is 0 Å². The Morgan fingerprint density at radius 3 is 3.10 bits per heavy atom. The zero-order valence-electron chi connectivity index (χ0n) is 11.9. The molecule has 0 fully saturated rings. The Morgan fingerprint density at radius 1 is 1.50 bits per heavy atom. The van der Waals surface area contributed by atoms with Gasteiger partial charge in [0.05, 0.1) is 18.6 Å². The Morgan fingerprint density at radius 2 is 2.35 bits per heavy atom. The van der Waals surface area contributed by atoms with Gasteiger partial charge in [0.1, 0.15) is 0 Å². The van der Waals surface area contributed by atoms with E-state index in [0.717, 1.165) is 31.8 Å². The molecule has 0 saturated carbocycles. The first kappa shape index (κ1) is 15.4. The number of aliphatic hydroxyl groups is 1. The van der Waals surface area contributed by atoms with Crippen LogP contribution in [0.25, 0.3) is 0 Å². The summed E-state index contributed by atoms with van der Waals surface area (Å²) in [5, 5.41) is 12.7. The first-order valence-electron chi connectivity index (χ1n) is 7.09. The Bertz CT molecular complexity index is 428. The third kappa shape index (κ3) is 4.01. The number of hydrogen-bond acceptors (Lipinski definition) is 4. The van der Waals surface area contributed by atoms with Gasteiger partial charge in [-0.2, -0.15) is 0 Å². The first-order valence-corrected chi connectivity index (χ1v) is 7.62. The third-order valence-electron chi connectivity index (χ3n) is 3.59. The predicted octanol–water partition coefficient (Wildman–Crippen LogP) is 2.10. The number of anilines is 2. The van der Waals surface area contributed by atoms with Gasteiger partial charge in [0.15, 0.2) is 0 Å². The Kier molecular flexibility index (Phi) is 5.95. The number of aliphatic hydroxyl groups excluding tert-OH is 1. The lowest BCUT2D eigenvalue weighted by atomic mass is 10.0. The molecule has 0 radical (unpaired) electrons. The van der Waals surface area contributed by atoms with Crippen molar-refractivity contribution in [3.8, 4) is 0 Å². The van der Waals surface area contributed by atoms with Crippen molar-refractivity contribution in [1.29, 1.82) is 0 Å². The number of rotatable bonds is 7. The van der Waals surface area contributed by atoms with Crippen LogP contribution < -0.4 is 10.2 Å². The van der Waals surface area contributed by atoms with Crippen LogP contribution in [-0.2, 0) is 11.2 Å². The predicted molar refractivity (Wildman–Crippen MR) is 84.1 cm³/mol. The van der Waals surface area contributed by atoms with Gasteiger partial charge in [-0.25, -0.2) is 0 Å². The van der Waals surface area contributed by atoms with E-state index < -0.39 is 6.10 Å². The van der Waals surface area contributed by atoms with Crippen molar-refractivity contribution in [1.82, 2.24) is 0 Å². The fourth-order valence-electron chi connectivity index (χ4n) is 2.48. The van der Waals surface area contributed by atoms with Crippen molar-refractivity contribution < 1.29 is 9.84 Å². The summed E-state index contributed by atoms with van der Waals surface area (Å²) < 4.78 is 5.18. The molecule has 0 saturated heterocycles. The maximum Gasteiger partial charge on any atom is 0.0847 e. The van der Waals surface area contributed by atoms with Gasteiger partial charge in [0.25, 0.3) is 0 Å². The van der Waals surface area contributed by atoms with E-state index in [0.29, 0.717) is 6.54 Å². The standard InChI is InChI=1S/C15H23ClN2O2/c1-20-8-7-18-6-2-3-12-4-5-13(9-15(12)18)17-11-14(19)10-16/h4-5,9,14,17,19H,2-3,6-8,10-11H2,1H3. The molecule has 0 bridgehead atoms. The molecule has 4 nitrogen and oxygen atoms in total. The first-order chi connectivity index (χ1) is 9.74. The third-order valence-corrected chi connectivity index (χ3v) is 3.94. The number of halogens is 1. The van der Waals surface area contributed by atoms with Crippen LogP contribution in [-0.4, -0.2) is 50.4 Å². The molecule has 1 heterocycles. The van der Waals surface area contributed by atoms with Crippen molar-refractivity contribution >= 4 is 23.0 Å². The minimum atomic E-state index is -0.516. The average Bonchev–Trinajstić information content (AvgIpc) is 2.50. The van der Waals surface area contributed by atoms with Crippen molar-refractivity contribution in [3.63, 3.8) is 0 Å². The molecule has 112 valence electrons. The SMILES string of the molecule is COCCN1CCCc2ccc(NCC(O)CCl)cc21. The van der Waals surface area contributed by atoms with Crippen LogP contribution in [0.5, 0.6) is 0 Å². The van der Waals surface area contributed by atoms with Gasteiger partial charge in [0, 0.05) is 38.1 Å². The second kappa shape index (κ2) is 7.72. The summed E-state index contributed by atoms with van der Waals surface area (Å²) in [5.41, 5.74) is 3.69. The molecule has 2 rings (SSSR count). The molecule has 1 aromatic carbocycles. The Balaban J connectivity index is 2.06. The van der Waals surface area contributed by atoms with Gasteiger partial charge < -0.3 is 20.1 Å². The van der Waals surface area contributed by atoms with Gasteiger partial charge in [0.2, 0.25) is 0 Å². The van der Waals surface area contributed by atoms with E-state index in [9.17, 15) is 5.11 Å². The number of methoxy groups -OCH3 is 1. The zero-order valence-corrected chi connectivity index (χ0v) is 12.7. The fourth-order valence-corrected chi connectivity index (χ4v) is 2.59. The molecule has 1 aliphatic heterocycles. The average molecular weight is 299 g/mol. The lowest BCUT2D eigenvalue weighted by Gasteiger charge is -2.31. The minimum Gasteiger partial charge on any atom is -0.390 e. The van der Waals surface area contributed by atoms with Crippen LogP contribution in [0.15, 0.2) is 18.2 Å². The highest BCUT2D eigenvalue weighted by Crippen LogP contribution is 2.29. The van der Waals surface area contributed by atoms with E-state index in [1.54, 1.807) is 7.11 Å². The second-order valence-electron chi connectivity index (χ2n) is 5.12. The highest BCUT2D eigenvalue weighted by molar-refractivity contribution is 6.18. The van der Waals surface area contributed by atoms with Crippen LogP contribution in [0.3, 0.4) is 0 Å². The molecule has 0 aromatic heterocycles. The molecule has 5 heteroatoms. The molecule has 0 spiro atoms. The van der Waals surface area contributed by atoms with Crippen molar-refractivity contribution in [2.24, 2.45) is 0 Å². The quantitative estimate of drug-likeness (QED) is 0.757. The van der Waals surface area contributed by atoms with E-state index in [1.807, 2.05) is 0 Å². The lowest BCUT2D eigenvalue weighted by molar-refractivity contribution is 0.205. The molecule has 1 aromatic rings. The van der Waals surface area contributed by atoms with E-state index in [-0.39, 0.29) is 5.88 Å². The maximum absolute atomic E-state index is 9.50. The lowest BCUT2D eigenvalue weighted by Crippen LogP contribution is -2.32. The highest BCUT2D eigenvalue weighted by Gasteiger charge is 2.17. The molecule has 2 N–H and O–H groups in total. The summed E-state index contributed by atoms with van der Waals surface area (Å²) in [7, 11) is 1.73. The number of ether oxygens (including phenoxy) is 1. The minimum absolute atomic E-state index is 0.248. The van der Waals surface area contributed by atoms with Gasteiger partial charge in [-0.05, 0) is 30.5 Å². The van der Waals surface area contributed by atoms with E-state index in [1.165, 1.54) is 17.7 Å². The second-order valence-corrected chi connectivity index (χ2v) is 5.42. The number of nitrogens with one attached hydrogen (secondary N) is 1. The summed E-state index contributed by atoms with van der Waals surface area (Å²) in [6, 6.07) is 6.40. The number of benzene rings is 1. The topological polar surface area (TPSA) is 44.7 Å². The van der Waals surface area contributed by atoms with Crippen LogP contribution in [0.1, 0.15) is 12.0 Å². The Labute approximate surface area is 125 Å². The van der Waals surface area contributed by atoms with E-state index >= 15 is 0 Å². The van der Waals surface area contributed by atoms with Crippen LogP contribution >= 0.6 is 11.6 Å².